The number of pyridine rings is 1. The van der Waals surface area contributed by atoms with Gasteiger partial charge in [-0.1, -0.05) is 23.7 Å². The summed E-state index contributed by atoms with van der Waals surface area (Å²) in [5.41, 5.74) is 7.72. The van der Waals surface area contributed by atoms with Crippen LogP contribution < -0.4 is 5.32 Å². The number of piperazine rings is 1. The van der Waals surface area contributed by atoms with E-state index in [-0.39, 0.29) is 12.1 Å². The van der Waals surface area contributed by atoms with Gasteiger partial charge in [0.15, 0.2) is 0 Å². The molecule has 1 saturated heterocycles. The van der Waals surface area contributed by atoms with E-state index in [2.05, 4.69) is 44.5 Å². The van der Waals surface area contributed by atoms with Gasteiger partial charge in [0.1, 0.15) is 0 Å². The molecule has 2 N–H and O–H groups in total. The summed E-state index contributed by atoms with van der Waals surface area (Å²) in [6.45, 7) is 2.55. The Morgan fingerprint density at radius 1 is 1.13 bits per heavy atom. The fourth-order valence-electron chi connectivity index (χ4n) is 5.35. The van der Waals surface area contributed by atoms with E-state index in [1.54, 1.807) is 30.6 Å². The molecule has 6 rings (SSSR count). The number of fused-ring (bicyclic) bond motifs is 2. The van der Waals surface area contributed by atoms with Crippen molar-refractivity contribution < 1.29 is 4.79 Å². The lowest BCUT2D eigenvalue weighted by Gasteiger charge is -2.39. The maximum atomic E-state index is 13.0. The van der Waals surface area contributed by atoms with Gasteiger partial charge in [-0.25, -0.2) is 9.78 Å². The van der Waals surface area contributed by atoms with Crippen molar-refractivity contribution in [3.63, 3.8) is 0 Å². The van der Waals surface area contributed by atoms with Gasteiger partial charge in [0.25, 0.3) is 0 Å². The Kier molecular flexibility index (Phi) is 6.84. The standard InChI is InChI=1S/C30H26ClN7O/c31-23-5-8-26-27(16-23)22(15-25-18-33-19-35-25)14-21-2-1-9-34-28(21)29(26)37-10-12-38(13-11-37)30(39)36-24-6-3-20(17-32)4-7-24/h1-9,14,16,18-19,29H,10-13,15H2,(H,33,35)(H,36,39)/t29-/m0/s1. The molecule has 9 heteroatoms. The van der Waals surface area contributed by atoms with Crippen molar-refractivity contribution in [2.75, 3.05) is 31.5 Å². The molecule has 1 fully saturated rings. The zero-order valence-electron chi connectivity index (χ0n) is 21.1. The largest absolute Gasteiger partial charge is 0.348 e. The van der Waals surface area contributed by atoms with Crippen LogP contribution in [-0.2, 0) is 6.42 Å². The van der Waals surface area contributed by atoms with Crippen LogP contribution in [0, 0.1) is 11.3 Å². The Morgan fingerprint density at radius 2 is 1.95 bits per heavy atom. The Balaban J connectivity index is 1.26. The first kappa shape index (κ1) is 24.9. The Hall–Kier alpha value is -4.45. The van der Waals surface area contributed by atoms with Crippen molar-refractivity contribution in [3.05, 3.63) is 112 Å². The number of nitrogens with zero attached hydrogens (tertiary/aromatic N) is 5. The third-order valence-electron chi connectivity index (χ3n) is 7.28. The number of halogens is 1. The number of carbonyl (C=O) groups is 1. The van der Waals surface area contributed by atoms with Gasteiger partial charge in [0.05, 0.1) is 29.7 Å². The number of carbonyl (C=O) groups excluding carboxylic acids is 1. The van der Waals surface area contributed by atoms with E-state index >= 15 is 0 Å². The highest BCUT2D eigenvalue weighted by Crippen LogP contribution is 2.41. The van der Waals surface area contributed by atoms with Gasteiger partial charge in [-0.3, -0.25) is 9.88 Å². The third kappa shape index (κ3) is 5.15. The first-order chi connectivity index (χ1) is 19.1. The molecule has 39 heavy (non-hydrogen) atoms. The molecule has 4 aromatic rings. The van der Waals surface area contributed by atoms with Gasteiger partial charge in [0.2, 0.25) is 0 Å². The van der Waals surface area contributed by atoms with Crippen molar-refractivity contribution >= 4 is 35.0 Å². The van der Waals surface area contributed by atoms with Gasteiger partial charge < -0.3 is 15.2 Å². The maximum absolute atomic E-state index is 13.0. The van der Waals surface area contributed by atoms with Crippen LogP contribution in [-0.4, -0.2) is 57.0 Å². The minimum Gasteiger partial charge on any atom is -0.348 e. The predicted molar refractivity (Wildman–Crippen MR) is 151 cm³/mol. The third-order valence-corrected chi connectivity index (χ3v) is 7.52. The number of rotatable bonds is 4. The van der Waals surface area contributed by atoms with Crippen molar-refractivity contribution in [2.24, 2.45) is 0 Å². The number of benzene rings is 2. The number of aromatic amines is 1. The predicted octanol–water partition coefficient (Wildman–Crippen LogP) is 5.37. The minimum atomic E-state index is -0.144. The van der Waals surface area contributed by atoms with E-state index in [4.69, 9.17) is 21.8 Å². The fourth-order valence-corrected chi connectivity index (χ4v) is 5.53. The molecule has 3 heterocycles. The number of allylic oxidation sites excluding steroid dienone is 1. The topological polar surface area (TPSA) is 101 Å². The van der Waals surface area contributed by atoms with Gasteiger partial charge in [-0.2, -0.15) is 5.26 Å². The van der Waals surface area contributed by atoms with Crippen LogP contribution in [0.5, 0.6) is 0 Å². The summed E-state index contributed by atoms with van der Waals surface area (Å²) in [7, 11) is 0. The Labute approximate surface area is 231 Å². The second-order valence-electron chi connectivity index (χ2n) is 9.68. The van der Waals surface area contributed by atoms with Crippen LogP contribution in [0.4, 0.5) is 10.5 Å². The second kappa shape index (κ2) is 10.7. The zero-order chi connectivity index (χ0) is 26.8. The summed E-state index contributed by atoms with van der Waals surface area (Å²) < 4.78 is 0. The van der Waals surface area contributed by atoms with Crippen molar-refractivity contribution in [1.82, 2.24) is 24.8 Å². The van der Waals surface area contributed by atoms with Crippen molar-refractivity contribution in [2.45, 2.75) is 12.5 Å². The molecular weight excluding hydrogens is 510 g/mol. The molecule has 1 aliphatic carbocycles. The summed E-state index contributed by atoms with van der Waals surface area (Å²) in [5.74, 6) is 0. The van der Waals surface area contributed by atoms with Crippen molar-refractivity contribution in [1.29, 1.82) is 5.26 Å². The molecule has 194 valence electrons. The highest BCUT2D eigenvalue weighted by Gasteiger charge is 2.33. The maximum Gasteiger partial charge on any atom is 0.321 e. The molecule has 1 aliphatic heterocycles. The average Bonchev–Trinajstić information content (AvgIpc) is 3.44. The number of urea groups is 1. The summed E-state index contributed by atoms with van der Waals surface area (Å²) in [4.78, 5) is 29.5. The number of hydrogen-bond donors (Lipinski definition) is 2. The lowest BCUT2D eigenvalue weighted by atomic mass is 9.92. The summed E-state index contributed by atoms with van der Waals surface area (Å²) in [5, 5.41) is 12.6. The molecule has 8 nitrogen and oxygen atoms in total. The van der Waals surface area contributed by atoms with Crippen LogP contribution in [0.15, 0.2) is 73.3 Å². The van der Waals surface area contributed by atoms with Crippen LogP contribution in [0.2, 0.25) is 5.02 Å². The van der Waals surface area contributed by atoms with Crippen LogP contribution in [0.3, 0.4) is 0 Å². The molecule has 2 amide bonds. The van der Waals surface area contributed by atoms with Crippen molar-refractivity contribution in [3.8, 4) is 6.07 Å². The SMILES string of the molecule is N#Cc1ccc(NC(=O)N2CCN([C@H]3c4ccc(Cl)cc4C(Cc4cnc[nH]4)=Cc4cccnc43)CC2)cc1. The van der Waals surface area contributed by atoms with Crippen LogP contribution in [0.25, 0.3) is 11.6 Å². The van der Waals surface area contributed by atoms with Gasteiger partial charge in [-0.15, -0.1) is 0 Å². The summed E-state index contributed by atoms with van der Waals surface area (Å²) in [6.07, 6.45) is 8.29. The lowest BCUT2D eigenvalue weighted by molar-refractivity contribution is 0.125. The van der Waals surface area contributed by atoms with E-state index in [1.807, 2.05) is 35.5 Å². The lowest BCUT2D eigenvalue weighted by Crippen LogP contribution is -2.51. The van der Waals surface area contributed by atoms with Crippen LogP contribution >= 0.6 is 11.6 Å². The molecule has 0 bridgehead atoms. The molecule has 2 aliphatic rings. The number of nitrogens with one attached hydrogen (secondary N) is 2. The molecule has 0 spiro atoms. The molecule has 2 aromatic carbocycles. The van der Waals surface area contributed by atoms with E-state index in [1.165, 1.54) is 0 Å². The molecule has 2 aromatic heterocycles. The van der Waals surface area contributed by atoms with Gasteiger partial charge >= 0.3 is 6.03 Å². The summed E-state index contributed by atoms with van der Waals surface area (Å²) >= 11 is 6.52. The smallest absolute Gasteiger partial charge is 0.321 e. The number of hydrogen-bond acceptors (Lipinski definition) is 5. The van der Waals surface area contributed by atoms with E-state index in [0.29, 0.717) is 48.9 Å². The number of amides is 2. The number of imidazole rings is 1. The van der Waals surface area contributed by atoms with Crippen LogP contribution in [0.1, 0.15) is 39.7 Å². The number of anilines is 1. The van der Waals surface area contributed by atoms with Gasteiger partial charge in [-0.05, 0) is 70.8 Å². The first-order valence-corrected chi connectivity index (χ1v) is 13.2. The first-order valence-electron chi connectivity index (χ1n) is 12.8. The fraction of sp³-hybridized carbons (Fsp3) is 0.200. The normalized spacial score (nSPS) is 16.9. The van der Waals surface area contributed by atoms with E-state index < -0.39 is 0 Å². The number of H-pyrrole nitrogens is 1. The quantitative estimate of drug-likeness (QED) is 0.366. The highest BCUT2D eigenvalue weighted by molar-refractivity contribution is 6.30. The molecule has 0 radical (unpaired) electrons. The second-order valence-corrected chi connectivity index (χ2v) is 10.1. The van der Waals surface area contributed by atoms with E-state index in [0.717, 1.165) is 33.7 Å². The molecular formula is C30H26ClN7O. The van der Waals surface area contributed by atoms with E-state index in [9.17, 15) is 4.79 Å². The average molecular weight is 536 g/mol. The molecule has 0 unspecified atom stereocenters. The monoisotopic (exact) mass is 535 g/mol. The zero-order valence-corrected chi connectivity index (χ0v) is 21.9. The Bertz CT molecular complexity index is 1570. The molecule has 1 atom stereocenters. The number of nitriles is 1. The Morgan fingerprint density at radius 3 is 2.69 bits per heavy atom. The highest BCUT2D eigenvalue weighted by atomic mass is 35.5. The van der Waals surface area contributed by atoms with Gasteiger partial charge in [0, 0.05) is 61.4 Å². The minimum absolute atomic E-state index is 0.0762. The summed E-state index contributed by atoms with van der Waals surface area (Å²) in [6, 6.07) is 18.9. The number of aromatic nitrogens is 3. The molecule has 0 saturated carbocycles.